The standard InChI is InChI=1S/C11H13ClO2/c1-8-5-9(2)7-10(6-8)14-4-3-11(12)13/h5-7H,3-4H2,1-2H3. The van der Waals surface area contributed by atoms with Crippen LogP contribution in [-0.4, -0.2) is 11.8 Å². The number of carbonyl (C=O) groups excluding carboxylic acids is 1. The lowest BCUT2D eigenvalue weighted by molar-refractivity contribution is -0.112. The molecule has 0 aliphatic heterocycles. The van der Waals surface area contributed by atoms with Gasteiger partial charge in [-0.2, -0.15) is 0 Å². The predicted octanol–water partition coefficient (Wildman–Crippen LogP) is 2.84. The van der Waals surface area contributed by atoms with Crippen LogP contribution in [0.1, 0.15) is 17.5 Å². The Kier molecular flexibility index (Phi) is 3.96. The Morgan fingerprint density at radius 1 is 1.29 bits per heavy atom. The highest BCUT2D eigenvalue weighted by molar-refractivity contribution is 6.63. The molecule has 1 aromatic rings. The van der Waals surface area contributed by atoms with Gasteiger partial charge in [0.15, 0.2) is 0 Å². The van der Waals surface area contributed by atoms with E-state index in [1.54, 1.807) is 0 Å². The van der Waals surface area contributed by atoms with Crippen molar-refractivity contribution in [1.29, 1.82) is 0 Å². The molecule has 0 heterocycles. The molecule has 76 valence electrons. The average Bonchev–Trinajstić information content (AvgIpc) is 2.01. The van der Waals surface area contributed by atoms with Crippen LogP contribution >= 0.6 is 11.6 Å². The van der Waals surface area contributed by atoms with Crippen LogP contribution in [0.3, 0.4) is 0 Å². The van der Waals surface area contributed by atoms with Crippen LogP contribution in [0.2, 0.25) is 0 Å². The highest BCUT2D eigenvalue weighted by atomic mass is 35.5. The Balaban J connectivity index is 2.54. The second-order valence-electron chi connectivity index (χ2n) is 3.28. The van der Waals surface area contributed by atoms with Crippen molar-refractivity contribution >= 4 is 16.8 Å². The third-order valence-electron chi connectivity index (χ3n) is 1.76. The van der Waals surface area contributed by atoms with Crippen molar-refractivity contribution in [2.75, 3.05) is 6.61 Å². The van der Waals surface area contributed by atoms with Gasteiger partial charge in [0.25, 0.3) is 0 Å². The zero-order valence-corrected chi connectivity index (χ0v) is 9.10. The van der Waals surface area contributed by atoms with E-state index in [1.165, 1.54) is 0 Å². The average molecular weight is 213 g/mol. The Morgan fingerprint density at radius 3 is 2.36 bits per heavy atom. The largest absolute Gasteiger partial charge is 0.493 e. The highest BCUT2D eigenvalue weighted by Crippen LogP contribution is 2.16. The molecule has 0 fully saturated rings. The summed E-state index contributed by atoms with van der Waals surface area (Å²) in [5.41, 5.74) is 2.30. The summed E-state index contributed by atoms with van der Waals surface area (Å²) < 4.78 is 5.37. The Bertz CT molecular complexity index is 314. The zero-order valence-electron chi connectivity index (χ0n) is 8.34. The molecule has 0 saturated carbocycles. The maximum Gasteiger partial charge on any atom is 0.225 e. The second-order valence-corrected chi connectivity index (χ2v) is 3.70. The van der Waals surface area contributed by atoms with Crippen molar-refractivity contribution < 1.29 is 9.53 Å². The van der Waals surface area contributed by atoms with Crippen LogP contribution in [0, 0.1) is 13.8 Å². The summed E-state index contributed by atoms with van der Waals surface area (Å²) in [5, 5.41) is -0.366. The van der Waals surface area contributed by atoms with E-state index in [2.05, 4.69) is 6.07 Å². The van der Waals surface area contributed by atoms with Crippen molar-refractivity contribution in [1.82, 2.24) is 0 Å². The molecule has 0 bridgehead atoms. The molecule has 0 aliphatic rings. The van der Waals surface area contributed by atoms with E-state index >= 15 is 0 Å². The topological polar surface area (TPSA) is 26.3 Å². The number of hydrogen-bond acceptors (Lipinski definition) is 2. The molecule has 14 heavy (non-hydrogen) atoms. The van der Waals surface area contributed by atoms with Crippen LogP contribution < -0.4 is 4.74 Å². The van der Waals surface area contributed by atoms with Gasteiger partial charge in [-0.15, -0.1) is 0 Å². The van der Waals surface area contributed by atoms with Gasteiger partial charge >= 0.3 is 0 Å². The lowest BCUT2D eigenvalue weighted by Gasteiger charge is -2.06. The number of halogens is 1. The first kappa shape index (κ1) is 11.1. The molecule has 1 aromatic carbocycles. The third kappa shape index (κ3) is 3.79. The number of rotatable bonds is 4. The maximum atomic E-state index is 10.5. The smallest absolute Gasteiger partial charge is 0.225 e. The van der Waals surface area contributed by atoms with Crippen molar-refractivity contribution in [2.45, 2.75) is 20.3 Å². The lowest BCUT2D eigenvalue weighted by Crippen LogP contribution is -2.01. The second kappa shape index (κ2) is 5.01. The lowest BCUT2D eigenvalue weighted by atomic mass is 10.1. The summed E-state index contributed by atoms with van der Waals surface area (Å²) in [5.74, 6) is 0.792. The van der Waals surface area contributed by atoms with E-state index in [9.17, 15) is 4.79 Å². The minimum absolute atomic E-state index is 0.245. The van der Waals surface area contributed by atoms with Gasteiger partial charge in [-0.1, -0.05) is 6.07 Å². The molecule has 0 spiro atoms. The summed E-state index contributed by atoms with van der Waals surface area (Å²) in [6, 6.07) is 5.94. The van der Waals surface area contributed by atoms with Crippen LogP contribution in [0.25, 0.3) is 0 Å². The molecule has 0 atom stereocenters. The number of carbonyl (C=O) groups is 1. The first-order valence-electron chi connectivity index (χ1n) is 4.47. The maximum absolute atomic E-state index is 10.5. The van der Waals surface area contributed by atoms with E-state index in [1.807, 2.05) is 26.0 Å². The molecule has 0 N–H and O–H groups in total. The molecule has 1 rings (SSSR count). The first-order chi connectivity index (χ1) is 6.58. The molecule has 0 amide bonds. The van der Waals surface area contributed by atoms with Gasteiger partial charge in [-0.25, -0.2) is 0 Å². The van der Waals surface area contributed by atoms with E-state index in [0.717, 1.165) is 16.9 Å². The van der Waals surface area contributed by atoms with Gasteiger partial charge in [0.1, 0.15) is 5.75 Å². The Morgan fingerprint density at radius 2 is 1.86 bits per heavy atom. The van der Waals surface area contributed by atoms with Crippen molar-refractivity contribution in [3.05, 3.63) is 29.3 Å². The molecule has 0 unspecified atom stereocenters. The summed E-state index contributed by atoms with van der Waals surface area (Å²) >= 11 is 5.19. The monoisotopic (exact) mass is 212 g/mol. The van der Waals surface area contributed by atoms with Gasteiger partial charge < -0.3 is 4.74 Å². The fourth-order valence-electron chi connectivity index (χ4n) is 1.27. The van der Waals surface area contributed by atoms with Gasteiger partial charge in [-0.3, -0.25) is 4.79 Å². The van der Waals surface area contributed by atoms with E-state index in [0.29, 0.717) is 6.61 Å². The number of ether oxygens (including phenoxy) is 1. The van der Waals surface area contributed by atoms with Gasteiger partial charge in [0.05, 0.1) is 13.0 Å². The van der Waals surface area contributed by atoms with Crippen LogP contribution in [0.5, 0.6) is 5.75 Å². The molecule has 2 nitrogen and oxygen atoms in total. The van der Waals surface area contributed by atoms with E-state index < -0.39 is 0 Å². The molecule has 0 saturated heterocycles. The van der Waals surface area contributed by atoms with Crippen molar-refractivity contribution in [2.24, 2.45) is 0 Å². The number of benzene rings is 1. The summed E-state index contributed by atoms with van der Waals surface area (Å²) in [6.07, 6.45) is 0.245. The Labute approximate surface area is 88.8 Å². The highest BCUT2D eigenvalue weighted by Gasteiger charge is 1.99. The third-order valence-corrected chi connectivity index (χ3v) is 1.95. The van der Waals surface area contributed by atoms with Gasteiger partial charge in [-0.05, 0) is 48.7 Å². The van der Waals surface area contributed by atoms with Crippen LogP contribution in [-0.2, 0) is 4.79 Å². The van der Waals surface area contributed by atoms with E-state index in [-0.39, 0.29) is 11.7 Å². The zero-order chi connectivity index (χ0) is 10.6. The number of aryl methyl sites for hydroxylation is 2. The Hall–Kier alpha value is -1.02. The SMILES string of the molecule is Cc1cc(C)cc(OCCC(=O)Cl)c1. The van der Waals surface area contributed by atoms with Crippen molar-refractivity contribution in [3.8, 4) is 5.75 Å². The number of hydrogen-bond donors (Lipinski definition) is 0. The quantitative estimate of drug-likeness (QED) is 0.718. The first-order valence-corrected chi connectivity index (χ1v) is 4.85. The van der Waals surface area contributed by atoms with Crippen molar-refractivity contribution in [3.63, 3.8) is 0 Å². The van der Waals surface area contributed by atoms with Gasteiger partial charge in [0, 0.05) is 0 Å². The van der Waals surface area contributed by atoms with Crippen LogP contribution in [0.15, 0.2) is 18.2 Å². The molecular formula is C11H13ClO2. The molecule has 0 aromatic heterocycles. The minimum Gasteiger partial charge on any atom is -0.493 e. The molecule has 0 radical (unpaired) electrons. The normalized spacial score (nSPS) is 9.93. The summed E-state index contributed by atoms with van der Waals surface area (Å²) in [6.45, 7) is 4.35. The minimum atomic E-state index is -0.366. The van der Waals surface area contributed by atoms with Gasteiger partial charge in [0.2, 0.25) is 5.24 Å². The summed E-state index contributed by atoms with van der Waals surface area (Å²) in [7, 11) is 0. The molecule has 3 heteroatoms. The molecule has 0 aliphatic carbocycles. The van der Waals surface area contributed by atoms with Crippen LogP contribution in [0.4, 0.5) is 0 Å². The van der Waals surface area contributed by atoms with E-state index in [4.69, 9.17) is 16.3 Å². The fourth-order valence-corrected chi connectivity index (χ4v) is 1.34. The summed E-state index contributed by atoms with van der Waals surface area (Å²) in [4.78, 5) is 10.5. The fraction of sp³-hybridized carbons (Fsp3) is 0.364. The molecular weight excluding hydrogens is 200 g/mol. The predicted molar refractivity (Wildman–Crippen MR) is 56.9 cm³/mol.